The van der Waals surface area contributed by atoms with Crippen molar-refractivity contribution in [3.05, 3.63) is 129 Å². The Morgan fingerprint density at radius 2 is 1.28 bits per heavy atom. The van der Waals surface area contributed by atoms with E-state index in [1.54, 1.807) is 6.07 Å². The van der Waals surface area contributed by atoms with Crippen molar-refractivity contribution in [2.45, 2.75) is 57.8 Å². The molecular weight excluding hydrogens is 478 g/mol. The van der Waals surface area contributed by atoms with Gasteiger partial charge in [-0.05, 0) is 57.9 Å². The molecule has 3 heteroatoms. The number of allylic oxidation sites excluding steroid dienone is 5. The van der Waals surface area contributed by atoms with Gasteiger partial charge in [0, 0.05) is 23.5 Å². The molecule has 0 saturated heterocycles. The van der Waals surface area contributed by atoms with Crippen molar-refractivity contribution in [1.29, 1.82) is 0 Å². The summed E-state index contributed by atoms with van der Waals surface area (Å²) in [4.78, 5) is 11.4. The Balaban J connectivity index is 1.46. The van der Waals surface area contributed by atoms with Gasteiger partial charge in [0.2, 0.25) is 0 Å². The molecule has 0 heterocycles. The number of fused-ring (bicyclic) bond motifs is 3. The van der Waals surface area contributed by atoms with Gasteiger partial charge in [-0.25, -0.2) is 0 Å². The Hall–Kier alpha value is -3.98. The van der Waals surface area contributed by atoms with Crippen molar-refractivity contribution >= 4 is 23.9 Å². The maximum Gasteiger partial charge on any atom is 0.269 e. The Morgan fingerprint density at radius 3 is 1.90 bits per heavy atom. The molecule has 0 spiro atoms. The number of nitro groups is 1. The molecule has 3 aromatic rings. The molecule has 2 aliphatic carbocycles. The lowest BCUT2D eigenvalue weighted by Crippen LogP contribution is -2.25. The number of non-ortho nitro benzene ring substituents is 1. The molecule has 2 aliphatic rings. The second kappa shape index (κ2) is 11.8. The highest BCUT2D eigenvalue weighted by atomic mass is 16.6. The molecule has 0 aliphatic heterocycles. The highest BCUT2D eigenvalue weighted by molar-refractivity contribution is 5.84. The maximum absolute atomic E-state index is 11.7. The fraction of sp³-hybridized carbons (Fsp3) is 0.278. The molecule has 0 bridgehead atoms. The second-order valence-electron chi connectivity index (χ2n) is 10.8. The molecule has 5 rings (SSSR count). The molecule has 0 saturated carbocycles. The fourth-order valence-corrected chi connectivity index (χ4v) is 6.05. The number of hydrogen-bond donors (Lipinski definition) is 0. The zero-order chi connectivity index (χ0) is 27.2. The lowest BCUT2D eigenvalue weighted by Gasteiger charge is -2.32. The molecule has 0 N–H and O–H groups in total. The normalized spacial score (nSPS) is 15.4. The summed E-state index contributed by atoms with van der Waals surface area (Å²) >= 11 is 0. The summed E-state index contributed by atoms with van der Waals surface area (Å²) in [5, 5.41) is 11.7. The lowest BCUT2D eigenvalue weighted by molar-refractivity contribution is -0.384. The Labute approximate surface area is 232 Å². The van der Waals surface area contributed by atoms with Gasteiger partial charge in [0.15, 0.2) is 0 Å². The largest absolute Gasteiger partial charge is 0.269 e. The van der Waals surface area contributed by atoms with Gasteiger partial charge in [0.1, 0.15) is 0 Å². The molecule has 0 radical (unpaired) electrons. The van der Waals surface area contributed by atoms with Crippen molar-refractivity contribution < 1.29 is 4.92 Å². The van der Waals surface area contributed by atoms with Gasteiger partial charge in [-0.1, -0.05) is 131 Å². The molecule has 0 unspecified atom stereocenters. The quantitative estimate of drug-likeness (QED) is 0.145. The van der Waals surface area contributed by atoms with Crippen molar-refractivity contribution in [3.8, 4) is 11.1 Å². The monoisotopic (exact) mass is 515 g/mol. The van der Waals surface area contributed by atoms with Gasteiger partial charge >= 0.3 is 0 Å². The number of unbranched alkanes of at least 4 members (excludes halogenated alkanes) is 2. The van der Waals surface area contributed by atoms with Crippen LogP contribution in [0.1, 0.15) is 80.2 Å². The lowest BCUT2D eigenvalue weighted by atomic mass is 9.70. The van der Waals surface area contributed by atoms with Crippen LogP contribution < -0.4 is 0 Å². The van der Waals surface area contributed by atoms with Crippen molar-refractivity contribution in [2.24, 2.45) is 5.92 Å². The molecule has 3 nitrogen and oxygen atoms in total. The summed E-state index contributed by atoms with van der Waals surface area (Å²) in [6, 6.07) is 20.8. The standard InChI is InChI=1S/C36H37NO2/c1-3-5-23-36(24-6-4-2)34-25-30(19-21-32(34)33-22-20-31(37(38)39)26-35(33)36)18-17-29-15-13-28(14-16-29)12-11-27-9-7-8-10-27/h7-22,25-27H,3-6,23-24H2,1-2H3/b12-11+,18-17+. The fourth-order valence-electron chi connectivity index (χ4n) is 6.05. The molecular formula is C36H37NO2. The van der Waals surface area contributed by atoms with Gasteiger partial charge in [0.25, 0.3) is 5.69 Å². The average Bonchev–Trinajstić information content (AvgIpc) is 3.58. The first-order chi connectivity index (χ1) is 19.0. The van der Waals surface area contributed by atoms with E-state index >= 15 is 0 Å². The van der Waals surface area contributed by atoms with Gasteiger partial charge in [-0.2, -0.15) is 0 Å². The van der Waals surface area contributed by atoms with Crippen LogP contribution in [0, 0.1) is 16.0 Å². The zero-order valence-corrected chi connectivity index (χ0v) is 23.0. The minimum Gasteiger partial charge on any atom is -0.258 e. The van der Waals surface area contributed by atoms with Crippen molar-refractivity contribution in [1.82, 2.24) is 0 Å². The highest BCUT2D eigenvalue weighted by Gasteiger charge is 2.43. The first-order valence-electron chi connectivity index (χ1n) is 14.3. The predicted molar refractivity (Wildman–Crippen MR) is 165 cm³/mol. The van der Waals surface area contributed by atoms with E-state index in [0.717, 1.165) is 60.8 Å². The number of benzene rings is 3. The van der Waals surface area contributed by atoms with Crippen LogP contribution in [0.15, 0.2) is 91.0 Å². The minimum absolute atomic E-state index is 0.176. The van der Waals surface area contributed by atoms with E-state index in [2.05, 4.69) is 105 Å². The maximum atomic E-state index is 11.7. The van der Waals surface area contributed by atoms with Crippen LogP contribution in [-0.2, 0) is 5.41 Å². The summed E-state index contributed by atoms with van der Waals surface area (Å²) in [6.07, 6.45) is 23.7. The summed E-state index contributed by atoms with van der Waals surface area (Å²) < 4.78 is 0. The van der Waals surface area contributed by atoms with E-state index in [0.29, 0.717) is 5.92 Å². The topological polar surface area (TPSA) is 43.1 Å². The molecule has 198 valence electrons. The van der Waals surface area contributed by atoms with Crippen molar-refractivity contribution in [3.63, 3.8) is 0 Å². The third kappa shape index (κ3) is 5.59. The minimum atomic E-state index is -0.258. The van der Waals surface area contributed by atoms with Gasteiger partial charge in [-0.3, -0.25) is 10.1 Å². The average molecular weight is 516 g/mol. The molecule has 3 aromatic carbocycles. The van der Waals surface area contributed by atoms with E-state index in [9.17, 15) is 10.1 Å². The zero-order valence-electron chi connectivity index (χ0n) is 23.0. The van der Waals surface area contributed by atoms with E-state index in [4.69, 9.17) is 0 Å². The third-order valence-electron chi connectivity index (χ3n) is 8.19. The highest BCUT2D eigenvalue weighted by Crippen LogP contribution is 2.55. The van der Waals surface area contributed by atoms with Crippen molar-refractivity contribution in [2.75, 3.05) is 0 Å². The van der Waals surface area contributed by atoms with E-state index in [1.807, 2.05) is 12.1 Å². The summed E-state index contributed by atoms with van der Waals surface area (Å²) in [6.45, 7) is 4.45. The number of nitro benzene ring substituents is 1. The van der Waals surface area contributed by atoms with Crippen LogP contribution >= 0.6 is 0 Å². The number of rotatable bonds is 11. The molecule has 0 aromatic heterocycles. The van der Waals surface area contributed by atoms with Gasteiger partial charge in [-0.15, -0.1) is 0 Å². The molecule has 39 heavy (non-hydrogen) atoms. The predicted octanol–water partition coefficient (Wildman–Crippen LogP) is 10.2. The number of hydrogen-bond acceptors (Lipinski definition) is 2. The van der Waals surface area contributed by atoms with E-state index < -0.39 is 0 Å². The molecule has 0 fully saturated rings. The summed E-state index contributed by atoms with van der Waals surface area (Å²) in [7, 11) is 0. The second-order valence-corrected chi connectivity index (χ2v) is 10.8. The van der Waals surface area contributed by atoms with Gasteiger partial charge in [0.05, 0.1) is 4.92 Å². The first-order valence-corrected chi connectivity index (χ1v) is 14.3. The van der Waals surface area contributed by atoms with Crippen LogP contribution in [0.4, 0.5) is 5.69 Å². The van der Waals surface area contributed by atoms with Crippen LogP contribution in [0.25, 0.3) is 29.4 Å². The SMILES string of the molecule is CCCCC1(CCCC)c2cc(/C=C/c3ccc(/C=C/C4C=CC=C4)cc3)ccc2-c2ccc([N+](=O)[O-])cc21. The first kappa shape index (κ1) is 26.6. The number of nitrogens with zero attached hydrogens (tertiary/aromatic N) is 1. The molecule has 0 amide bonds. The van der Waals surface area contributed by atoms with Crippen LogP contribution in [-0.4, -0.2) is 4.92 Å². The Kier molecular flexibility index (Phi) is 8.07. The Bertz CT molecular complexity index is 1440. The van der Waals surface area contributed by atoms with E-state index in [-0.39, 0.29) is 16.0 Å². The summed E-state index contributed by atoms with van der Waals surface area (Å²) in [5.41, 5.74) is 8.39. The summed E-state index contributed by atoms with van der Waals surface area (Å²) in [5.74, 6) is 0.392. The van der Waals surface area contributed by atoms with Crippen LogP contribution in [0.2, 0.25) is 0 Å². The van der Waals surface area contributed by atoms with Crippen LogP contribution in [0.5, 0.6) is 0 Å². The van der Waals surface area contributed by atoms with E-state index in [1.165, 1.54) is 16.7 Å². The molecule has 0 atom stereocenters. The van der Waals surface area contributed by atoms with Gasteiger partial charge < -0.3 is 0 Å². The smallest absolute Gasteiger partial charge is 0.258 e. The van der Waals surface area contributed by atoms with Crippen LogP contribution in [0.3, 0.4) is 0 Å². The Morgan fingerprint density at radius 1 is 0.744 bits per heavy atom. The third-order valence-corrected chi connectivity index (χ3v) is 8.19.